The molecule has 1 N–H and O–H groups in total. The normalized spacial score (nSPS) is 33.4. The highest BCUT2D eigenvalue weighted by molar-refractivity contribution is 5.82. The molecule has 4 heteroatoms. The molecule has 0 bridgehead atoms. The summed E-state index contributed by atoms with van der Waals surface area (Å²) in [5.74, 6) is 0.102. The molecule has 3 nitrogen and oxygen atoms in total. The predicted molar refractivity (Wildman–Crippen MR) is 51.7 cm³/mol. The van der Waals surface area contributed by atoms with Crippen molar-refractivity contribution < 1.29 is 9.18 Å². The maximum Gasteiger partial charge on any atom is 0.239 e. The van der Waals surface area contributed by atoms with Gasteiger partial charge in [0.05, 0.1) is 12.6 Å². The van der Waals surface area contributed by atoms with Crippen LogP contribution in [0.5, 0.6) is 0 Å². The number of halogens is 1. The summed E-state index contributed by atoms with van der Waals surface area (Å²) in [5, 5.41) is 3.15. The molecular formula is C10H17FN2O. The zero-order valence-corrected chi connectivity index (χ0v) is 8.34. The van der Waals surface area contributed by atoms with Gasteiger partial charge in [0.25, 0.3) is 0 Å². The number of carbonyl (C=O) groups is 1. The van der Waals surface area contributed by atoms with Crippen LogP contribution in [0.3, 0.4) is 0 Å². The van der Waals surface area contributed by atoms with Gasteiger partial charge in [-0.3, -0.25) is 4.79 Å². The van der Waals surface area contributed by atoms with Crippen molar-refractivity contribution in [2.24, 2.45) is 0 Å². The molecule has 2 fully saturated rings. The molecule has 2 unspecified atom stereocenters. The van der Waals surface area contributed by atoms with Gasteiger partial charge < -0.3 is 10.2 Å². The lowest BCUT2D eigenvalue weighted by atomic mass is 10.1. The Kier molecular flexibility index (Phi) is 3.01. The van der Waals surface area contributed by atoms with E-state index in [-0.39, 0.29) is 11.9 Å². The van der Waals surface area contributed by atoms with Crippen LogP contribution in [-0.4, -0.2) is 42.7 Å². The summed E-state index contributed by atoms with van der Waals surface area (Å²) in [7, 11) is 0. The monoisotopic (exact) mass is 200 g/mol. The molecule has 1 amide bonds. The first-order chi connectivity index (χ1) is 6.77. The minimum Gasteiger partial charge on any atom is -0.338 e. The Morgan fingerprint density at radius 1 is 1.36 bits per heavy atom. The molecule has 0 aromatic rings. The third kappa shape index (κ3) is 2.05. The van der Waals surface area contributed by atoms with E-state index < -0.39 is 6.17 Å². The molecule has 0 aromatic carbocycles. The Hall–Kier alpha value is -0.640. The highest BCUT2D eigenvalue weighted by Crippen LogP contribution is 2.16. The van der Waals surface area contributed by atoms with E-state index in [1.54, 1.807) is 4.90 Å². The van der Waals surface area contributed by atoms with Gasteiger partial charge in [0.1, 0.15) is 6.17 Å². The van der Waals surface area contributed by atoms with Crippen LogP contribution in [0.4, 0.5) is 4.39 Å². The lowest BCUT2D eigenvalue weighted by molar-refractivity contribution is -0.135. The summed E-state index contributed by atoms with van der Waals surface area (Å²) < 4.78 is 13.1. The second-order valence-electron chi connectivity index (χ2n) is 4.17. The maximum atomic E-state index is 13.1. The smallest absolute Gasteiger partial charge is 0.239 e. The summed E-state index contributed by atoms with van der Waals surface area (Å²) >= 11 is 0. The van der Waals surface area contributed by atoms with Crippen LogP contribution >= 0.6 is 0 Å². The number of hydrogen-bond acceptors (Lipinski definition) is 2. The first-order valence-electron chi connectivity index (χ1n) is 5.43. The molecule has 0 spiro atoms. The van der Waals surface area contributed by atoms with E-state index in [1.807, 2.05) is 0 Å². The molecule has 2 heterocycles. The Bertz CT molecular complexity index is 216. The first-order valence-corrected chi connectivity index (χ1v) is 5.43. The average Bonchev–Trinajstić information content (AvgIpc) is 2.69. The van der Waals surface area contributed by atoms with Crippen LogP contribution in [-0.2, 0) is 4.79 Å². The van der Waals surface area contributed by atoms with Crippen molar-refractivity contribution in [1.29, 1.82) is 0 Å². The fourth-order valence-electron chi connectivity index (χ4n) is 2.24. The molecule has 2 aliphatic heterocycles. The van der Waals surface area contributed by atoms with E-state index in [0.717, 1.165) is 32.4 Å². The maximum absolute atomic E-state index is 13.1. The van der Waals surface area contributed by atoms with Gasteiger partial charge in [-0.05, 0) is 32.2 Å². The molecule has 0 aliphatic carbocycles. The van der Waals surface area contributed by atoms with E-state index in [4.69, 9.17) is 0 Å². The number of likely N-dealkylation sites (tertiary alicyclic amines) is 1. The fourth-order valence-corrected chi connectivity index (χ4v) is 2.24. The summed E-state index contributed by atoms with van der Waals surface area (Å²) in [5.41, 5.74) is 0. The van der Waals surface area contributed by atoms with Crippen molar-refractivity contribution in [3.8, 4) is 0 Å². The Morgan fingerprint density at radius 2 is 2.21 bits per heavy atom. The topological polar surface area (TPSA) is 32.3 Å². The molecule has 14 heavy (non-hydrogen) atoms. The SMILES string of the molecule is O=C(C1CCCN1)N1CCCC(F)C1. The zero-order valence-electron chi connectivity index (χ0n) is 8.34. The molecule has 2 saturated heterocycles. The number of hydrogen-bond donors (Lipinski definition) is 1. The molecular weight excluding hydrogens is 183 g/mol. The molecule has 0 aromatic heterocycles. The summed E-state index contributed by atoms with van der Waals surface area (Å²) in [6.45, 7) is 1.96. The largest absolute Gasteiger partial charge is 0.338 e. The number of piperidine rings is 1. The molecule has 2 aliphatic rings. The molecule has 2 rings (SSSR count). The number of alkyl halides is 1. The Labute approximate surface area is 83.6 Å². The first kappa shape index (κ1) is 9.90. The quantitative estimate of drug-likeness (QED) is 0.675. The lowest BCUT2D eigenvalue weighted by Crippen LogP contribution is -2.48. The van der Waals surface area contributed by atoms with Crippen molar-refractivity contribution in [1.82, 2.24) is 10.2 Å². The average molecular weight is 200 g/mol. The lowest BCUT2D eigenvalue weighted by Gasteiger charge is -2.31. The van der Waals surface area contributed by atoms with Crippen molar-refractivity contribution >= 4 is 5.91 Å². The van der Waals surface area contributed by atoms with Gasteiger partial charge >= 0.3 is 0 Å². The number of nitrogens with one attached hydrogen (secondary N) is 1. The number of amides is 1. The fraction of sp³-hybridized carbons (Fsp3) is 0.900. The summed E-state index contributed by atoms with van der Waals surface area (Å²) in [4.78, 5) is 13.5. The minimum atomic E-state index is -0.811. The molecule has 0 radical (unpaired) electrons. The van der Waals surface area contributed by atoms with Crippen molar-refractivity contribution in [2.45, 2.75) is 37.9 Å². The van der Waals surface area contributed by atoms with Gasteiger partial charge in [-0.25, -0.2) is 4.39 Å². The van der Waals surface area contributed by atoms with Crippen molar-refractivity contribution in [3.63, 3.8) is 0 Å². The third-order valence-electron chi connectivity index (χ3n) is 3.03. The van der Waals surface area contributed by atoms with E-state index in [2.05, 4.69) is 5.32 Å². The van der Waals surface area contributed by atoms with Crippen molar-refractivity contribution in [2.75, 3.05) is 19.6 Å². The second kappa shape index (κ2) is 4.26. The van der Waals surface area contributed by atoms with Gasteiger partial charge in [0.15, 0.2) is 0 Å². The standard InChI is InChI=1S/C10H17FN2O/c11-8-3-2-6-13(7-8)10(14)9-4-1-5-12-9/h8-9,12H,1-7H2. The van der Waals surface area contributed by atoms with E-state index in [1.165, 1.54) is 0 Å². The van der Waals surface area contributed by atoms with Crippen molar-refractivity contribution in [3.05, 3.63) is 0 Å². The highest BCUT2D eigenvalue weighted by atomic mass is 19.1. The van der Waals surface area contributed by atoms with E-state index in [0.29, 0.717) is 13.0 Å². The zero-order chi connectivity index (χ0) is 9.97. The van der Waals surface area contributed by atoms with Gasteiger partial charge in [0, 0.05) is 6.54 Å². The van der Waals surface area contributed by atoms with E-state index >= 15 is 0 Å². The summed E-state index contributed by atoms with van der Waals surface area (Å²) in [6.07, 6.45) is 2.57. The predicted octanol–water partition coefficient (Wildman–Crippen LogP) is 0.699. The highest BCUT2D eigenvalue weighted by Gasteiger charge is 2.30. The molecule has 0 saturated carbocycles. The molecule has 2 atom stereocenters. The van der Waals surface area contributed by atoms with Gasteiger partial charge in [-0.1, -0.05) is 0 Å². The van der Waals surface area contributed by atoms with Crippen LogP contribution in [0.15, 0.2) is 0 Å². The van der Waals surface area contributed by atoms with Crippen LogP contribution in [0.2, 0.25) is 0 Å². The number of rotatable bonds is 1. The van der Waals surface area contributed by atoms with Gasteiger partial charge in [-0.15, -0.1) is 0 Å². The van der Waals surface area contributed by atoms with E-state index in [9.17, 15) is 9.18 Å². The van der Waals surface area contributed by atoms with Crippen LogP contribution in [0.25, 0.3) is 0 Å². The Balaban J connectivity index is 1.89. The van der Waals surface area contributed by atoms with Gasteiger partial charge in [0.2, 0.25) is 5.91 Å². The molecule has 80 valence electrons. The minimum absolute atomic E-state index is 0.0414. The summed E-state index contributed by atoms with van der Waals surface area (Å²) in [6, 6.07) is -0.0414. The third-order valence-corrected chi connectivity index (χ3v) is 3.03. The van der Waals surface area contributed by atoms with Crippen LogP contribution < -0.4 is 5.32 Å². The van der Waals surface area contributed by atoms with Gasteiger partial charge in [-0.2, -0.15) is 0 Å². The number of nitrogens with zero attached hydrogens (tertiary/aromatic N) is 1. The Morgan fingerprint density at radius 3 is 2.86 bits per heavy atom. The van der Waals surface area contributed by atoms with Crippen LogP contribution in [0, 0.1) is 0 Å². The van der Waals surface area contributed by atoms with Crippen LogP contribution in [0.1, 0.15) is 25.7 Å². The second-order valence-corrected chi connectivity index (χ2v) is 4.17. The number of carbonyl (C=O) groups excluding carboxylic acids is 1.